The van der Waals surface area contributed by atoms with Gasteiger partial charge in [-0.25, -0.2) is 0 Å². The number of nitrogens with one attached hydrogen (secondary N) is 1. The molecule has 1 unspecified atom stereocenters. The van der Waals surface area contributed by atoms with Gasteiger partial charge in [-0.05, 0) is 49.8 Å². The van der Waals surface area contributed by atoms with Crippen LogP contribution in [-0.2, 0) is 6.54 Å². The Morgan fingerprint density at radius 2 is 1.88 bits per heavy atom. The summed E-state index contributed by atoms with van der Waals surface area (Å²) in [5, 5.41) is 4.29. The Bertz CT molecular complexity index is 302. The Morgan fingerprint density at radius 1 is 1.25 bits per heavy atom. The van der Waals surface area contributed by atoms with E-state index in [1.165, 1.54) is 23.1 Å². The highest BCUT2D eigenvalue weighted by molar-refractivity contribution is 7.99. The number of aryl methyl sites for hydroxylation is 2. The topological polar surface area (TPSA) is 12.0 Å². The Hall–Kier alpha value is -0.470. The highest BCUT2D eigenvalue weighted by Gasteiger charge is 2.02. The summed E-state index contributed by atoms with van der Waals surface area (Å²) in [5.41, 5.74) is 4.25. The Morgan fingerprint density at radius 3 is 2.44 bits per heavy atom. The summed E-state index contributed by atoms with van der Waals surface area (Å²) < 4.78 is 0. The summed E-state index contributed by atoms with van der Waals surface area (Å²) in [6.07, 6.45) is 3.42. The van der Waals surface area contributed by atoms with E-state index in [0.29, 0.717) is 0 Å². The van der Waals surface area contributed by atoms with Crippen molar-refractivity contribution >= 4 is 11.8 Å². The molecule has 1 nitrogen and oxygen atoms in total. The van der Waals surface area contributed by atoms with Gasteiger partial charge < -0.3 is 5.32 Å². The third-order valence-electron chi connectivity index (χ3n) is 3.08. The first-order valence-electron chi connectivity index (χ1n) is 5.93. The third-order valence-corrected chi connectivity index (χ3v) is 4.12. The Labute approximate surface area is 104 Å². The summed E-state index contributed by atoms with van der Waals surface area (Å²) >= 11 is 1.94. The molecule has 1 aromatic rings. The van der Waals surface area contributed by atoms with Crippen LogP contribution in [-0.4, -0.2) is 18.1 Å². The van der Waals surface area contributed by atoms with E-state index < -0.39 is 0 Å². The zero-order valence-corrected chi connectivity index (χ0v) is 11.7. The van der Waals surface area contributed by atoms with Crippen LogP contribution in [0, 0.1) is 13.8 Å². The van der Waals surface area contributed by atoms with Crippen LogP contribution in [0.3, 0.4) is 0 Å². The summed E-state index contributed by atoms with van der Waals surface area (Å²) in [6, 6.07) is 6.51. The lowest BCUT2D eigenvalue weighted by atomic mass is 10.0. The monoisotopic (exact) mass is 237 g/mol. The van der Waals surface area contributed by atoms with E-state index in [1.54, 1.807) is 0 Å². The first-order valence-corrected chi connectivity index (χ1v) is 7.22. The van der Waals surface area contributed by atoms with Crippen molar-refractivity contribution in [1.29, 1.82) is 0 Å². The van der Waals surface area contributed by atoms with Crippen molar-refractivity contribution in [2.45, 2.75) is 39.0 Å². The van der Waals surface area contributed by atoms with Gasteiger partial charge in [0.05, 0.1) is 0 Å². The average Bonchev–Trinajstić information content (AvgIpc) is 2.27. The second kappa shape index (κ2) is 6.97. The molecule has 0 fully saturated rings. The van der Waals surface area contributed by atoms with Crippen LogP contribution in [0.5, 0.6) is 0 Å². The van der Waals surface area contributed by atoms with Crippen molar-refractivity contribution in [2.24, 2.45) is 0 Å². The molecule has 0 spiro atoms. The van der Waals surface area contributed by atoms with Gasteiger partial charge in [0.15, 0.2) is 0 Å². The number of thioether (sulfide) groups is 1. The van der Waals surface area contributed by atoms with E-state index in [2.05, 4.69) is 50.5 Å². The fraction of sp³-hybridized carbons (Fsp3) is 0.571. The molecular weight excluding hydrogens is 214 g/mol. The smallest absolute Gasteiger partial charge is 0.0210 e. The molecule has 0 amide bonds. The first-order chi connectivity index (χ1) is 7.65. The van der Waals surface area contributed by atoms with Crippen LogP contribution in [0.4, 0.5) is 0 Å². The first kappa shape index (κ1) is 13.6. The van der Waals surface area contributed by atoms with Crippen molar-refractivity contribution in [3.05, 3.63) is 34.9 Å². The second-order valence-corrected chi connectivity index (χ2v) is 5.66. The van der Waals surface area contributed by atoms with Gasteiger partial charge in [0.25, 0.3) is 0 Å². The Balaban J connectivity index is 2.37. The molecule has 1 N–H and O–H groups in total. The molecule has 1 aromatic carbocycles. The van der Waals surface area contributed by atoms with Crippen LogP contribution in [0.25, 0.3) is 0 Å². The summed E-state index contributed by atoms with van der Waals surface area (Å²) in [7, 11) is 0. The molecule has 90 valence electrons. The zero-order chi connectivity index (χ0) is 12.0. The third kappa shape index (κ3) is 4.18. The molecule has 0 heterocycles. The maximum atomic E-state index is 3.54. The fourth-order valence-electron chi connectivity index (χ4n) is 1.76. The fourth-order valence-corrected chi connectivity index (χ4v) is 2.12. The molecule has 0 bridgehead atoms. The van der Waals surface area contributed by atoms with Gasteiger partial charge in [-0.3, -0.25) is 0 Å². The SMILES string of the molecule is CSC(C)CCNCc1c(C)cccc1C. The summed E-state index contributed by atoms with van der Waals surface area (Å²) in [6.45, 7) is 8.77. The quantitative estimate of drug-likeness (QED) is 0.760. The molecular formula is C14H23NS. The summed E-state index contributed by atoms with van der Waals surface area (Å²) in [4.78, 5) is 0. The largest absolute Gasteiger partial charge is 0.313 e. The molecule has 1 rings (SSSR count). The van der Waals surface area contributed by atoms with E-state index in [4.69, 9.17) is 0 Å². The van der Waals surface area contributed by atoms with Crippen molar-refractivity contribution in [1.82, 2.24) is 5.32 Å². The minimum absolute atomic E-state index is 0.755. The number of hydrogen-bond donors (Lipinski definition) is 1. The molecule has 1 atom stereocenters. The molecule has 0 aliphatic heterocycles. The Kier molecular flexibility index (Phi) is 5.93. The van der Waals surface area contributed by atoms with Gasteiger partial charge in [-0.2, -0.15) is 11.8 Å². The predicted molar refractivity (Wildman–Crippen MR) is 75.2 cm³/mol. The van der Waals surface area contributed by atoms with Gasteiger partial charge in [0.1, 0.15) is 0 Å². The highest BCUT2D eigenvalue weighted by atomic mass is 32.2. The van der Waals surface area contributed by atoms with Crippen molar-refractivity contribution in [2.75, 3.05) is 12.8 Å². The lowest BCUT2D eigenvalue weighted by molar-refractivity contribution is 0.645. The molecule has 0 saturated carbocycles. The molecule has 2 heteroatoms. The normalized spacial score (nSPS) is 12.8. The van der Waals surface area contributed by atoms with E-state index >= 15 is 0 Å². The van der Waals surface area contributed by atoms with E-state index in [1.807, 2.05) is 11.8 Å². The van der Waals surface area contributed by atoms with E-state index in [0.717, 1.165) is 18.3 Å². The predicted octanol–water partition coefficient (Wildman–Crippen LogP) is 3.53. The minimum Gasteiger partial charge on any atom is -0.313 e. The van der Waals surface area contributed by atoms with Crippen molar-refractivity contribution in [3.63, 3.8) is 0 Å². The highest BCUT2D eigenvalue weighted by Crippen LogP contribution is 2.13. The second-order valence-electron chi connectivity index (χ2n) is 4.38. The number of hydrogen-bond acceptors (Lipinski definition) is 2. The van der Waals surface area contributed by atoms with Crippen LogP contribution < -0.4 is 5.32 Å². The van der Waals surface area contributed by atoms with E-state index in [9.17, 15) is 0 Å². The number of rotatable bonds is 6. The molecule has 0 radical (unpaired) electrons. The summed E-state index contributed by atoms with van der Waals surface area (Å²) in [5.74, 6) is 0. The lowest BCUT2D eigenvalue weighted by Crippen LogP contribution is -2.18. The van der Waals surface area contributed by atoms with Gasteiger partial charge in [-0.15, -0.1) is 0 Å². The minimum atomic E-state index is 0.755. The van der Waals surface area contributed by atoms with Crippen LogP contribution in [0.15, 0.2) is 18.2 Å². The average molecular weight is 237 g/mol. The number of benzene rings is 1. The van der Waals surface area contributed by atoms with Crippen molar-refractivity contribution in [3.8, 4) is 0 Å². The van der Waals surface area contributed by atoms with E-state index in [-0.39, 0.29) is 0 Å². The van der Waals surface area contributed by atoms with Crippen LogP contribution >= 0.6 is 11.8 Å². The van der Waals surface area contributed by atoms with Gasteiger partial charge in [0, 0.05) is 11.8 Å². The van der Waals surface area contributed by atoms with Crippen molar-refractivity contribution < 1.29 is 0 Å². The molecule has 0 aromatic heterocycles. The van der Waals surface area contributed by atoms with Gasteiger partial charge in [0.2, 0.25) is 0 Å². The molecule has 16 heavy (non-hydrogen) atoms. The van der Waals surface area contributed by atoms with Gasteiger partial charge in [-0.1, -0.05) is 25.1 Å². The molecule has 0 aliphatic carbocycles. The maximum absolute atomic E-state index is 3.54. The van der Waals surface area contributed by atoms with Crippen LogP contribution in [0.1, 0.15) is 30.0 Å². The zero-order valence-electron chi connectivity index (χ0n) is 10.8. The molecule has 0 aliphatic rings. The lowest BCUT2D eigenvalue weighted by Gasteiger charge is -2.12. The van der Waals surface area contributed by atoms with Gasteiger partial charge >= 0.3 is 0 Å². The maximum Gasteiger partial charge on any atom is 0.0210 e. The van der Waals surface area contributed by atoms with Crippen LogP contribution in [0.2, 0.25) is 0 Å². The standard InChI is InChI=1S/C14H23NS/c1-11-6-5-7-12(2)14(11)10-15-9-8-13(3)16-4/h5-7,13,15H,8-10H2,1-4H3. The molecule has 0 saturated heterocycles.